The van der Waals surface area contributed by atoms with Crippen LogP contribution in [-0.2, 0) is 27.6 Å². The van der Waals surface area contributed by atoms with E-state index in [1.807, 2.05) is 0 Å². The first-order valence-electron chi connectivity index (χ1n) is 13.1. The number of imidazole rings is 2. The summed E-state index contributed by atoms with van der Waals surface area (Å²) in [6.45, 7) is 0.229. The van der Waals surface area contributed by atoms with Crippen molar-refractivity contribution in [2.45, 2.75) is 79.4 Å². The van der Waals surface area contributed by atoms with Crippen molar-refractivity contribution in [2.24, 2.45) is 0 Å². The van der Waals surface area contributed by atoms with Gasteiger partial charge in [-0.25, -0.2) is 9.97 Å². The molecule has 10 unspecified atom stereocenters. The van der Waals surface area contributed by atoms with Gasteiger partial charge < -0.3 is 58.6 Å². The van der Waals surface area contributed by atoms with E-state index in [2.05, 4.69) is 29.9 Å². The van der Waals surface area contributed by atoms with E-state index in [1.54, 1.807) is 9.13 Å². The maximum absolute atomic E-state index is 11.8. The summed E-state index contributed by atoms with van der Waals surface area (Å²) in [5.41, 5.74) is 11.2. The minimum absolute atomic E-state index is 0. The van der Waals surface area contributed by atoms with Crippen LogP contribution in [0.4, 0.5) is 11.9 Å². The van der Waals surface area contributed by atoms with E-state index >= 15 is 0 Å². The van der Waals surface area contributed by atoms with Crippen LogP contribution in [-0.4, -0.2) is 96.2 Å². The predicted octanol–water partition coefficient (Wildman–Crippen LogP) is 1.33. The number of hydrogen-bond donors (Lipinski definition) is 8. The first-order valence-corrected chi connectivity index (χ1v) is 16.6. The maximum Gasteiger partial charge on any atom is 0.280 e. The van der Waals surface area contributed by atoms with Crippen molar-refractivity contribution in [3.8, 4) is 0 Å². The van der Waals surface area contributed by atoms with Gasteiger partial charge in [-0.1, -0.05) is 29.7 Å². The lowest BCUT2D eigenvalue weighted by Crippen LogP contribution is -2.26. The van der Waals surface area contributed by atoms with Crippen molar-refractivity contribution >= 4 is 70.4 Å². The topological polar surface area (TPSA) is 315 Å². The Morgan fingerprint density at radius 3 is 1.44 bits per heavy atom. The minimum Gasteiger partial charge on any atom is -0.369 e. The van der Waals surface area contributed by atoms with Crippen molar-refractivity contribution in [3.63, 3.8) is 0 Å². The molecule has 2 aliphatic rings. The molecule has 4 aromatic heterocycles. The van der Waals surface area contributed by atoms with Crippen molar-refractivity contribution < 1.29 is 47.1 Å². The second-order valence-corrected chi connectivity index (χ2v) is 11.4. The third-order valence-corrected chi connectivity index (χ3v) is 8.32. The van der Waals surface area contributed by atoms with Crippen LogP contribution in [0.2, 0.25) is 0 Å². The number of rotatable bonds is 12. The maximum atomic E-state index is 11.8. The molecule has 0 aliphatic carbocycles. The number of aromatic amines is 2. The summed E-state index contributed by atoms with van der Waals surface area (Å²) in [5, 5.41) is 0. The molecule has 2 fully saturated rings. The van der Waals surface area contributed by atoms with Gasteiger partial charge in [0.25, 0.3) is 11.1 Å². The number of nitrogens with two attached hydrogens (primary N) is 2. The van der Waals surface area contributed by atoms with Gasteiger partial charge in [-0.3, -0.25) is 28.7 Å². The highest BCUT2D eigenvalue weighted by Crippen LogP contribution is 2.36. The number of nitrogen functional groups attached to an aromatic ring is 2. The fraction of sp³-hybridized carbons (Fsp3) is 0.583. The van der Waals surface area contributed by atoms with E-state index < -0.39 is 84.1 Å². The Morgan fingerprint density at radius 2 is 1.10 bits per heavy atom. The molecule has 6 heterocycles. The summed E-state index contributed by atoms with van der Waals surface area (Å²) in [7, 11) is -2.73. The van der Waals surface area contributed by atoms with Gasteiger partial charge in [0.2, 0.25) is 11.9 Å². The van der Waals surface area contributed by atoms with E-state index in [1.165, 1.54) is 12.7 Å². The smallest absolute Gasteiger partial charge is 0.280 e. The molecule has 0 saturated carbocycles. The van der Waals surface area contributed by atoms with Crippen molar-refractivity contribution in [3.05, 3.63) is 33.4 Å². The molecule has 50 heavy (non-hydrogen) atoms. The summed E-state index contributed by atoms with van der Waals surface area (Å²) in [6.07, 6.45) is 0.862. The largest absolute Gasteiger partial charge is 0.369 e. The number of nitrogens with one attached hydrogen (secondary N) is 2. The van der Waals surface area contributed by atoms with E-state index in [4.69, 9.17) is 58.6 Å². The molecule has 4 aromatic rings. The van der Waals surface area contributed by atoms with Crippen LogP contribution in [0.25, 0.3) is 22.3 Å². The second kappa shape index (κ2) is 21.2. The predicted molar refractivity (Wildman–Crippen MR) is 193 cm³/mol. The fourth-order valence-corrected chi connectivity index (χ4v) is 6.22. The average Bonchev–Trinajstić information content (AvgIpc) is 3.81. The highest BCUT2D eigenvalue weighted by Gasteiger charge is 2.39. The van der Waals surface area contributed by atoms with Crippen LogP contribution in [0.15, 0.2) is 22.2 Å². The van der Waals surface area contributed by atoms with Crippen LogP contribution in [0.1, 0.15) is 55.0 Å². The molecule has 0 amide bonds. The molecule has 22 nitrogen and oxygen atoms in total. The number of nitrogens with zero attached hydrogens (tertiary/aromatic N) is 6. The number of H-pyrrole nitrogens is 2. The van der Waals surface area contributed by atoms with Gasteiger partial charge in [0, 0.05) is 12.8 Å². The minimum atomic E-state index is -0.696. The standard InChI is InChI=1S/2C10H15N5O6P2.4CH4/c2*11-10-13-8-7(9(16)14-10)12-3-15(8)6-1-4(21-23-18)5(20-6)2-19-22-17;;;;/h2*3-6,17-18,22-23H,1-2H2,(H3,11,13,14,16);4*1H4. The Balaban J connectivity index is 0.000000463. The number of anilines is 2. The third-order valence-electron chi connectivity index (χ3n) is 6.92. The molecular formula is C24H46N10O12P4. The monoisotopic (exact) mass is 790 g/mol. The van der Waals surface area contributed by atoms with Gasteiger partial charge in [0.15, 0.2) is 58.5 Å². The molecule has 10 atom stereocenters. The lowest BCUT2D eigenvalue weighted by atomic mass is 10.2. The molecule has 2 saturated heterocycles. The van der Waals surface area contributed by atoms with Crippen LogP contribution in [0, 0.1) is 0 Å². The molecule has 0 radical (unpaired) electrons. The molecule has 2 aliphatic heterocycles. The van der Waals surface area contributed by atoms with Crippen LogP contribution < -0.4 is 22.6 Å². The molecule has 0 spiro atoms. The van der Waals surface area contributed by atoms with Crippen molar-refractivity contribution in [1.29, 1.82) is 0 Å². The molecule has 6 rings (SSSR count). The van der Waals surface area contributed by atoms with E-state index in [0.29, 0.717) is 24.1 Å². The van der Waals surface area contributed by atoms with Gasteiger partial charge in [0.1, 0.15) is 24.7 Å². The molecule has 10 N–H and O–H groups in total. The lowest BCUT2D eigenvalue weighted by Gasteiger charge is -2.16. The first-order chi connectivity index (χ1) is 22.3. The van der Waals surface area contributed by atoms with Gasteiger partial charge in [-0.15, -0.1) is 0 Å². The Morgan fingerprint density at radius 1 is 0.720 bits per heavy atom. The average molecular weight is 791 g/mol. The third kappa shape index (κ3) is 10.4. The van der Waals surface area contributed by atoms with E-state index in [9.17, 15) is 9.59 Å². The van der Waals surface area contributed by atoms with Gasteiger partial charge in [-0.05, 0) is 0 Å². The number of aromatic nitrogens is 8. The first kappa shape index (κ1) is 45.6. The number of fused-ring (bicyclic) bond motifs is 2. The normalized spacial score (nSPS) is 23.5. The van der Waals surface area contributed by atoms with Crippen LogP contribution >= 0.6 is 36.1 Å². The van der Waals surface area contributed by atoms with Crippen LogP contribution in [0.3, 0.4) is 0 Å². The Labute approximate surface area is 293 Å². The number of ether oxygens (including phenoxy) is 2. The SMILES string of the molecule is C.C.C.C.Nc1nc2c(ncn2C2CC(OPO)C(COPO)O2)c(=O)[nH]1.Nc1nc2c(ncn2C2CC(OPO)C(COPO)O2)c(=O)[nH]1. The lowest BCUT2D eigenvalue weighted by molar-refractivity contribution is -0.0321. The van der Waals surface area contributed by atoms with Gasteiger partial charge in [-0.2, -0.15) is 9.97 Å². The van der Waals surface area contributed by atoms with Crippen molar-refractivity contribution in [2.75, 3.05) is 24.7 Å². The summed E-state index contributed by atoms with van der Waals surface area (Å²) in [5.74, 6) is -0.0403. The fourth-order valence-electron chi connectivity index (χ4n) is 4.97. The molecule has 0 aromatic carbocycles. The van der Waals surface area contributed by atoms with Crippen LogP contribution in [0.5, 0.6) is 0 Å². The Hall–Kier alpha value is -2.38. The molecule has 284 valence electrons. The Kier molecular flexibility index (Phi) is 19.4. The summed E-state index contributed by atoms with van der Waals surface area (Å²) in [4.78, 5) is 80.1. The zero-order valence-corrected chi connectivity index (χ0v) is 27.3. The molecule has 0 bridgehead atoms. The summed E-state index contributed by atoms with van der Waals surface area (Å²) in [6, 6.07) is 0. The van der Waals surface area contributed by atoms with Gasteiger partial charge >= 0.3 is 0 Å². The quantitative estimate of drug-likeness (QED) is 0.0938. The molecule has 26 heteroatoms. The zero-order chi connectivity index (χ0) is 32.8. The highest BCUT2D eigenvalue weighted by molar-refractivity contribution is 7.25. The van der Waals surface area contributed by atoms with E-state index in [0.717, 1.165) is 0 Å². The summed E-state index contributed by atoms with van der Waals surface area (Å²) < 4.78 is 35.3. The molecular weight excluding hydrogens is 744 g/mol. The number of hydrogen-bond acceptors (Lipinski definition) is 18. The zero-order valence-electron chi connectivity index (χ0n) is 23.3. The second-order valence-electron chi connectivity index (χ2n) is 9.58. The highest BCUT2D eigenvalue weighted by atomic mass is 31.1. The summed E-state index contributed by atoms with van der Waals surface area (Å²) >= 11 is 0. The van der Waals surface area contributed by atoms with Gasteiger partial charge in [0.05, 0.1) is 38.1 Å². The van der Waals surface area contributed by atoms with E-state index in [-0.39, 0.29) is 65.9 Å². The van der Waals surface area contributed by atoms with Crippen molar-refractivity contribution in [1.82, 2.24) is 39.0 Å². The Bertz CT molecular complexity index is 1600.